The van der Waals surface area contributed by atoms with Gasteiger partial charge in [0.1, 0.15) is 12.0 Å². The Labute approximate surface area is 82.9 Å². The molecule has 0 fully saturated rings. The summed E-state index contributed by atoms with van der Waals surface area (Å²) in [7, 11) is 1.56. The van der Waals surface area contributed by atoms with Gasteiger partial charge in [0.2, 0.25) is 0 Å². The first-order valence-corrected chi connectivity index (χ1v) is 4.32. The van der Waals surface area contributed by atoms with Crippen LogP contribution in [0.15, 0.2) is 18.2 Å². The van der Waals surface area contributed by atoms with Crippen molar-refractivity contribution in [2.75, 3.05) is 7.11 Å². The standard InChI is InChI=1S/C11H11NO2/c1-14-11-5-4-9(3-2-6-13)10(7-11)8-12/h4-7H,2-3H2,1H3. The van der Waals surface area contributed by atoms with E-state index < -0.39 is 0 Å². The molecular weight excluding hydrogens is 178 g/mol. The Kier molecular flexibility index (Phi) is 3.69. The largest absolute Gasteiger partial charge is 0.497 e. The molecule has 0 N–H and O–H groups in total. The molecule has 0 unspecified atom stereocenters. The molecule has 0 saturated heterocycles. The highest BCUT2D eigenvalue weighted by molar-refractivity contribution is 5.51. The van der Waals surface area contributed by atoms with Crippen LogP contribution < -0.4 is 4.74 Å². The summed E-state index contributed by atoms with van der Waals surface area (Å²) in [5, 5.41) is 8.84. The molecule has 0 heterocycles. The minimum Gasteiger partial charge on any atom is -0.497 e. The molecule has 0 aromatic heterocycles. The van der Waals surface area contributed by atoms with Crippen molar-refractivity contribution < 1.29 is 9.53 Å². The number of carbonyl (C=O) groups excluding carboxylic acids is 1. The Morgan fingerprint density at radius 3 is 2.93 bits per heavy atom. The van der Waals surface area contributed by atoms with E-state index >= 15 is 0 Å². The zero-order chi connectivity index (χ0) is 10.4. The van der Waals surface area contributed by atoms with Gasteiger partial charge in [-0.1, -0.05) is 6.07 Å². The second kappa shape index (κ2) is 5.03. The normalized spacial score (nSPS) is 9.14. The number of rotatable bonds is 4. The number of benzene rings is 1. The quantitative estimate of drug-likeness (QED) is 0.677. The molecule has 0 saturated carbocycles. The Morgan fingerprint density at radius 1 is 1.57 bits per heavy atom. The monoisotopic (exact) mass is 189 g/mol. The summed E-state index contributed by atoms with van der Waals surface area (Å²) in [5.74, 6) is 0.663. The van der Waals surface area contributed by atoms with Crippen LogP contribution in [-0.4, -0.2) is 13.4 Å². The smallest absolute Gasteiger partial charge is 0.120 e. The first-order valence-electron chi connectivity index (χ1n) is 4.32. The fraction of sp³-hybridized carbons (Fsp3) is 0.273. The third kappa shape index (κ3) is 2.33. The van der Waals surface area contributed by atoms with Crippen LogP contribution >= 0.6 is 0 Å². The van der Waals surface area contributed by atoms with E-state index in [0.29, 0.717) is 24.2 Å². The van der Waals surface area contributed by atoms with Crippen molar-refractivity contribution in [1.82, 2.24) is 0 Å². The van der Waals surface area contributed by atoms with Crippen molar-refractivity contribution in [3.63, 3.8) is 0 Å². The molecule has 0 aliphatic heterocycles. The van der Waals surface area contributed by atoms with E-state index in [0.717, 1.165) is 11.8 Å². The predicted octanol–water partition coefficient (Wildman–Crippen LogP) is 1.70. The maximum atomic E-state index is 10.2. The van der Waals surface area contributed by atoms with Crippen molar-refractivity contribution in [3.8, 4) is 11.8 Å². The third-order valence-electron chi connectivity index (χ3n) is 1.97. The summed E-state index contributed by atoms with van der Waals surface area (Å²) in [4.78, 5) is 10.2. The second-order valence-electron chi connectivity index (χ2n) is 2.84. The summed E-state index contributed by atoms with van der Waals surface area (Å²) in [5.41, 5.74) is 1.46. The second-order valence-corrected chi connectivity index (χ2v) is 2.84. The number of hydrogen-bond donors (Lipinski definition) is 0. The lowest BCUT2D eigenvalue weighted by molar-refractivity contribution is -0.107. The molecule has 0 atom stereocenters. The zero-order valence-electron chi connectivity index (χ0n) is 7.99. The fourth-order valence-electron chi connectivity index (χ4n) is 1.22. The van der Waals surface area contributed by atoms with Crippen LogP contribution in [-0.2, 0) is 11.2 Å². The fourth-order valence-corrected chi connectivity index (χ4v) is 1.22. The Morgan fingerprint density at radius 2 is 2.36 bits per heavy atom. The number of nitriles is 1. The SMILES string of the molecule is COc1ccc(CCC=O)c(C#N)c1. The van der Waals surface area contributed by atoms with Gasteiger partial charge in [-0.15, -0.1) is 0 Å². The Balaban J connectivity index is 2.94. The van der Waals surface area contributed by atoms with Gasteiger partial charge in [-0.3, -0.25) is 0 Å². The lowest BCUT2D eigenvalue weighted by atomic mass is 10.0. The van der Waals surface area contributed by atoms with Crippen LogP contribution in [0, 0.1) is 11.3 Å². The lowest BCUT2D eigenvalue weighted by Crippen LogP contribution is -1.92. The topological polar surface area (TPSA) is 50.1 Å². The number of carbonyl (C=O) groups is 1. The van der Waals surface area contributed by atoms with Crippen LogP contribution in [0.25, 0.3) is 0 Å². The van der Waals surface area contributed by atoms with Crippen molar-refractivity contribution in [1.29, 1.82) is 5.26 Å². The third-order valence-corrected chi connectivity index (χ3v) is 1.97. The molecule has 72 valence electrons. The molecule has 3 heteroatoms. The number of hydrogen-bond acceptors (Lipinski definition) is 3. The van der Waals surface area contributed by atoms with Crippen molar-refractivity contribution in [3.05, 3.63) is 29.3 Å². The summed E-state index contributed by atoms with van der Waals surface area (Å²) in [6.45, 7) is 0. The molecule has 1 aromatic rings. The molecule has 1 rings (SSSR count). The average molecular weight is 189 g/mol. The zero-order valence-corrected chi connectivity index (χ0v) is 7.99. The van der Waals surface area contributed by atoms with Crippen molar-refractivity contribution >= 4 is 6.29 Å². The highest BCUT2D eigenvalue weighted by atomic mass is 16.5. The average Bonchev–Trinajstić information content (AvgIpc) is 2.26. The minimum atomic E-state index is 0.445. The van der Waals surface area contributed by atoms with Gasteiger partial charge in [0.15, 0.2) is 0 Å². The van der Waals surface area contributed by atoms with Crippen molar-refractivity contribution in [2.45, 2.75) is 12.8 Å². The molecule has 14 heavy (non-hydrogen) atoms. The molecule has 0 spiro atoms. The van der Waals surface area contributed by atoms with E-state index in [9.17, 15) is 4.79 Å². The minimum absolute atomic E-state index is 0.445. The molecule has 0 aliphatic rings. The number of methoxy groups -OCH3 is 1. The van der Waals surface area contributed by atoms with Crippen LogP contribution in [0.3, 0.4) is 0 Å². The summed E-state index contributed by atoms with van der Waals surface area (Å²) in [6.07, 6.45) is 1.91. The van der Waals surface area contributed by atoms with E-state index in [1.54, 1.807) is 19.2 Å². The van der Waals surface area contributed by atoms with E-state index in [1.165, 1.54) is 0 Å². The number of aryl methyl sites for hydroxylation is 1. The van der Waals surface area contributed by atoms with Crippen LogP contribution in [0.4, 0.5) is 0 Å². The number of nitrogens with zero attached hydrogens (tertiary/aromatic N) is 1. The van der Waals surface area contributed by atoms with Crippen LogP contribution in [0.1, 0.15) is 17.5 Å². The lowest BCUT2D eigenvalue weighted by Gasteiger charge is -2.04. The first kappa shape index (κ1) is 10.3. The van der Waals surface area contributed by atoms with Crippen LogP contribution in [0.2, 0.25) is 0 Å². The Bertz CT molecular complexity index is 366. The number of aldehydes is 1. The molecule has 0 amide bonds. The highest BCUT2D eigenvalue weighted by Crippen LogP contribution is 2.17. The first-order chi connectivity index (χ1) is 6.81. The molecule has 1 aromatic carbocycles. The maximum Gasteiger partial charge on any atom is 0.120 e. The van der Waals surface area contributed by atoms with Crippen LogP contribution in [0.5, 0.6) is 5.75 Å². The van der Waals surface area contributed by atoms with Gasteiger partial charge in [-0.2, -0.15) is 5.26 Å². The number of ether oxygens (including phenoxy) is 1. The van der Waals surface area contributed by atoms with Gasteiger partial charge in [-0.25, -0.2) is 0 Å². The predicted molar refractivity (Wildman–Crippen MR) is 52.1 cm³/mol. The summed E-state index contributed by atoms with van der Waals surface area (Å²) >= 11 is 0. The summed E-state index contributed by atoms with van der Waals surface area (Å²) in [6, 6.07) is 7.38. The van der Waals surface area contributed by atoms with Gasteiger partial charge in [0, 0.05) is 6.42 Å². The molecule has 0 radical (unpaired) electrons. The maximum absolute atomic E-state index is 10.2. The van der Waals surface area contributed by atoms with E-state index in [4.69, 9.17) is 10.00 Å². The van der Waals surface area contributed by atoms with Gasteiger partial charge in [0.05, 0.1) is 18.7 Å². The van der Waals surface area contributed by atoms with Gasteiger partial charge < -0.3 is 9.53 Å². The highest BCUT2D eigenvalue weighted by Gasteiger charge is 2.03. The van der Waals surface area contributed by atoms with Gasteiger partial charge in [-0.05, 0) is 24.1 Å². The van der Waals surface area contributed by atoms with E-state index in [-0.39, 0.29) is 0 Å². The molecule has 0 bridgehead atoms. The molecule has 0 aliphatic carbocycles. The summed E-state index contributed by atoms with van der Waals surface area (Å²) < 4.78 is 5.00. The Hall–Kier alpha value is -1.82. The van der Waals surface area contributed by atoms with Crippen molar-refractivity contribution in [2.24, 2.45) is 0 Å². The molecule has 3 nitrogen and oxygen atoms in total. The van der Waals surface area contributed by atoms with Gasteiger partial charge >= 0.3 is 0 Å². The van der Waals surface area contributed by atoms with E-state index in [1.807, 2.05) is 6.07 Å². The van der Waals surface area contributed by atoms with Gasteiger partial charge in [0.25, 0.3) is 0 Å². The van der Waals surface area contributed by atoms with E-state index in [2.05, 4.69) is 6.07 Å². The molecular formula is C11H11NO2.